The lowest BCUT2D eigenvalue weighted by Crippen LogP contribution is -2.19. The third-order valence-corrected chi connectivity index (χ3v) is 2.56. The maximum Gasteiger partial charge on any atom is 0.151 e. The molecule has 88 valence electrons. The van der Waals surface area contributed by atoms with Crippen molar-refractivity contribution in [3.63, 3.8) is 0 Å². The van der Waals surface area contributed by atoms with E-state index in [0.717, 1.165) is 5.69 Å². The van der Waals surface area contributed by atoms with Gasteiger partial charge in [-0.15, -0.1) is 0 Å². The van der Waals surface area contributed by atoms with Gasteiger partial charge in [0, 0.05) is 19.4 Å². The van der Waals surface area contributed by atoms with Gasteiger partial charge >= 0.3 is 0 Å². The van der Waals surface area contributed by atoms with Crippen LogP contribution in [0.1, 0.15) is 5.69 Å². The number of rotatable bonds is 3. The standard InChI is InChI=1S/C12H13ClN4/c1-17(8-10-4-2-3-5-15-10)12-11(14)6-9(13)7-16-12/h2-7H,8,14H2,1H3. The zero-order chi connectivity index (χ0) is 12.3. The van der Waals surface area contributed by atoms with Gasteiger partial charge in [0.05, 0.1) is 22.9 Å². The van der Waals surface area contributed by atoms with Crippen molar-refractivity contribution in [2.75, 3.05) is 17.7 Å². The predicted octanol–water partition coefficient (Wildman–Crippen LogP) is 2.35. The molecule has 5 heteroatoms. The van der Waals surface area contributed by atoms with E-state index in [1.165, 1.54) is 0 Å². The van der Waals surface area contributed by atoms with Crippen molar-refractivity contribution in [1.29, 1.82) is 0 Å². The van der Waals surface area contributed by atoms with Crippen LogP contribution in [0, 0.1) is 0 Å². The Morgan fingerprint density at radius 1 is 1.35 bits per heavy atom. The number of anilines is 2. The molecule has 4 nitrogen and oxygen atoms in total. The van der Waals surface area contributed by atoms with Crippen LogP contribution >= 0.6 is 11.6 Å². The highest BCUT2D eigenvalue weighted by Crippen LogP contribution is 2.23. The fourth-order valence-electron chi connectivity index (χ4n) is 1.58. The molecule has 2 N–H and O–H groups in total. The van der Waals surface area contributed by atoms with Crippen LogP contribution in [0.2, 0.25) is 5.02 Å². The highest BCUT2D eigenvalue weighted by molar-refractivity contribution is 6.30. The van der Waals surface area contributed by atoms with Gasteiger partial charge in [0.2, 0.25) is 0 Å². The summed E-state index contributed by atoms with van der Waals surface area (Å²) in [6.07, 6.45) is 3.35. The van der Waals surface area contributed by atoms with Crippen molar-refractivity contribution in [1.82, 2.24) is 9.97 Å². The second-order valence-corrected chi connectivity index (χ2v) is 4.18. The fourth-order valence-corrected chi connectivity index (χ4v) is 1.74. The number of aromatic nitrogens is 2. The van der Waals surface area contributed by atoms with E-state index in [-0.39, 0.29) is 0 Å². The summed E-state index contributed by atoms with van der Waals surface area (Å²) < 4.78 is 0. The van der Waals surface area contributed by atoms with E-state index in [9.17, 15) is 0 Å². The number of nitrogens with zero attached hydrogens (tertiary/aromatic N) is 3. The highest BCUT2D eigenvalue weighted by atomic mass is 35.5. The average Bonchev–Trinajstić information content (AvgIpc) is 2.30. The Morgan fingerprint density at radius 3 is 2.82 bits per heavy atom. The Kier molecular flexibility index (Phi) is 3.44. The van der Waals surface area contributed by atoms with Gasteiger partial charge in [-0.3, -0.25) is 4.98 Å². The molecule has 2 heterocycles. The second kappa shape index (κ2) is 5.01. The van der Waals surface area contributed by atoms with Gasteiger partial charge in [-0.25, -0.2) is 4.98 Å². The first-order valence-corrected chi connectivity index (χ1v) is 5.56. The summed E-state index contributed by atoms with van der Waals surface area (Å²) in [5.41, 5.74) is 7.40. The minimum Gasteiger partial charge on any atom is -0.396 e. The van der Waals surface area contributed by atoms with E-state index in [1.807, 2.05) is 30.1 Å². The monoisotopic (exact) mass is 248 g/mol. The molecule has 0 spiro atoms. The average molecular weight is 249 g/mol. The maximum atomic E-state index is 5.87. The summed E-state index contributed by atoms with van der Waals surface area (Å²) >= 11 is 5.81. The van der Waals surface area contributed by atoms with E-state index in [2.05, 4.69) is 9.97 Å². The van der Waals surface area contributed by atoms with E-state index < -0.39 is 0 Å². The zero-order valence-corrected chi connectivity index (χ0v) is 10.2. The summed E-state index contributed by atoms with van der Waals surface area (Å²) in [5.74, 6) is 0.708. The lowest BCUT2D eigenvalue weighted by Gasteiger charge is -2.19. The van der Waals surface area contributed by atoms with Crippen LogP contribution in [0.15, 0.2) is 36.7 Å². The van der Waals surface area contributed by atoms with Crippen LogP contribution in [0.5, 0.6) is 0 Å². The van der Waals surface area contributed by atoms with Gasteiger partial charge < -0.3 is 10.6 Å². The first-order valence-electron chi connectivity index (χ1n) is 5.19. The molecule has 0 fully saturated rings. The molecule has 2 aromatic heterocycles. The topological polar surface area (TPSA) is 55.0 Å². The largest absolute Gasteiger partial charge is 0.396 e. The maximum absolute atomic E-state index is 5.87. The smallest absolute Gasteiger partial charge is 0.151 e. The van der Waals surface area contributed by atoms with Crippen LogP contribution in [-0.2, 0) is 6.54 Å². The molecule has 0 aliphatic carbocycles. The lowest BCUT2D eigenvalue weighted by atomic mass is 10.3. The number of halogens is 1. The lowest BCUT2D eigenvalue weighted by molar-refractivity contribution is 0.868. The summed E-state index contributed by atoms with van der Waals surface area (Å²) in [6, 6.07) is 7.49. The van der Waals surface area contributed by atoms with Crippen LogP contribution in [-0.4, -0.2) is 17.0 Å². The summed E-state index contributed by atoms with van der Waals surface area (Å²) in [7, 11) is 1.92. The van der Waals surface area contributed by atoms with Crippen molar-refractivity contribution in [2.24, 2.45) is 0 Å². The summed E-state index contributed by atoms with van der Waals surface area (Å²) in [4.78, 5) is 10.4. The molecule has 0 bridgehead atoms. The van der Waals surface area contributed by atoms with Gasteiger partial charge in [-0.2, -0.15) is 0 Å². The Labute approximate surface area is 105 Å². The van der Waals surface area contributed by atoms with Gasteiger partial charge in [-0.1, -0.05) is 17.7 Å². The third kappa shape index (κ3) is 2.85. The molecule has 0 aromatic carbocycles. The Bertz CT molecular complexity index is 501. The zero-order valence-electron chi connectivity index (χ0n) is 9.47. The predicted molar refractivity (Wildman–Crippen MR) is 70.0 cm³/mol. The first kappa shape index (κ1) is 11.7. The molecule has 0 aliphatic rings. The van der Waals surface area contributed by atoms with E-state index >= 15 is 0 Å². The van der Waals surface area contributed by atoms with Gasteiger partial charge in [0.15, 0.2) is 5.82 Å². The molecular weight excluding hydrogens is 236 g/mol. The molecule has 17 heavy (non-hydrogen) atoms. The number of hydrogen-bond acceptors (Lipinski definition) is 4. The molecule has 2 rings (SSSR count). The summed E-state index contributed by atoms with van der Waals surface area (Å²) in [5, 5.41) is 0.539. The van der Waals surface area contributed by atoms with E-state index in [0.29, 0.717) is 23.1 Å². The Hall–Kier alpha value is -1.81. The van der Waals surface area contributed by atoms with Crippen LogP contribution in [0.25, 0.3) is 0 Å². The molecule has 0 saturated carbocycles. The third-order valence-electron chi connectivity index (χ3n) is 2.35. The molecule has 2 aromatic rings. The van der Waals surface area contributed by atoms with Crippen molar-refractivity contribution in [3.05, 3.63) is 47.4 Å². The van der Waals surface area contributed by atoms with Crippen molar-refractivity contribution in [3.8, 4) is 0 Å². The van der Waals surface area contributed by atoms with Gasteiger partial charge in [0.25, 0.3) is 0 Å². The van der Waals surface area contributed by atoms with Gasteiger partial charge in [0.1, 0.15) is 0 Å². The SMILES string of the molecule is CN(Cc1ccccn1)c1ncc(Cl)cc1N. The molecule has 0 unspecified atom stereocenters. The van der Waals surface area contributed by atoms with Crippen LogP contribution in [0.3, 0.4) is 0 Å². The molecule has 0 radical (unpaired) electrons. The highest BCUT2D eigenvalue weighted by Gasteiger charge is 2.08. The molecular formula is C12H13ClN4. The summed E-state index contributed by atoms with van der Waals surface area (Å²) in [6.45, 7) is 0.652. The van der Waals surface area contributed by atoms with Crippen molar-refractivity contribution < 1.29 is 0 Å². The van der Waals surface area contributed by atoms with Crippen LogP contribution < -0.4 is 10.6 Å². The molecule has 0 saturated heterocycles. The van der Waals surface area contributed by atoms with Crippen molar-refractivity contribution >= 4 is 23.1 Å². The number of pyridine rings is 2. The van der Waals surface area contributed by atoms with Gasteiger partial charge in [-0.05, 0) is 18.2 Å². The number of hydrogen-bond donors (Lipinski definition) is 1. The minimum absolute atomic E-state index is 0.539. The van der Waals surface area contributed by atoms with E-state index in [1.54, 1.807) is 18.5 Å². The molecule has 0 amide bonds. The fraction of sp³-hybridized carbons (Fsp3) is 0.167. The molecule has 0 aliphatic heterocycles. The second-order valence-electron chi connectivity index (χ2n) is 3.74. The first-order chi connectivity index (χ1) is 8.16. The Balaban J connectivity index is 2.17. The van der Waals surface area contributed by atoms with Crippen LogP contribution in [0.4, 0.5) is 11.5 Å². The van der Waals surface area contributed by atoms with Crippen molar-refractivity contribution in [2.45, 2.75) is 6.54 Å². The number of nitrogens with two attached hydrogens (primary N) is 1. The number of nitrogen functional groups attached to an aromatic ring is 1. The van der Waals surface area contributed by atoms with E-state index in [4.69, 9.17) is 17.3 Å². The quantitative estimate of drug-likeness (QED) is 0.906. The normalized spacial score (nSPS) is 10.2. The molecule has 0 atom stereocenters. The minimum atomic E-state index is 0.539. The Morgan fingerprint density at radius 2 is 2.18 bits per heavy atom.